The van der Waals surface area contributed by atoms with Gasteiger partial charge in [0.15, 0.2) is 5.82 Å². The van der Waals surface area contributed by atoms with E-state index >= 15 is 0 Å². The van der Waals surface area contributed by atoms with E-state index in [1.54, 1.807) is 23.7 Å². The average molecular weight is 423 g/mol. The largest absolute Gasteiger partial charge is 0.355 e. The molecule has 1 atom stereocenters. The third-order valence-electron chi connectivity index (χ3n) is 6.02. The number of carbonyl (C=O) groups excluding carboxylic acids is 1. The van der Waals surface area contributed by atoms with E-state index in [1.807, 2.05) is 6.92 Å². The summed E-state index contributed by atoms with van der Waals surface area (Å²) >= 11 is 0. The van der Waals surface area contributed by atoms with Crippen molar-refractivity contribution in [2.75, 3.05) is 29.9 Å². The number of imidazole rings is 1. The van der Waals surface area contributed by atoms with Crippen molar-refractivity contribution in [1.82, 2.24) is 24.7 Å². The van der Waals surface area contributed by atoms with Crippen LogP contribution in [-0.2, 0) is 0 Å². The summed E-state index contributed by atoms with van der Waals surface area (Å²) in [5.74, 6) is 0.376. The number of anilines is 2. The summed E-state index contributed by atoms with van der Waals surface area (Å²) in [4.78, 5) is 27.8. The maximum absolute atomic E-state index is 14.7. The molecule has 8 nitrogen and oxygen atoms in total. The first-order valence-electron chi connectivity index (χ1n) is 10.7. The average Bonchev–Trinajstić information content (AvgIpc) is 3.34. The molecule has 3 aromatic heterocycles. The number of carbonyl (C=O) groups is 1. The van der Waals surface area contributed by atoms with Crippen molar-refractivity contribution in [1.29, 1.82) is 0 Å². The molecule has 0 radical (unpaired) electrons. The highest BCUT2D eigenvalue weighted by molar-refractivity contribution is 6.02. The number of aryl methyl sites for hydroxylation is 2. The van der Waals surface area contributed by atoms with E-state index in [9.17, 15) is 9.18 Å². The molecule has 0 unspecified atom stereocenters. The van der Waals surface area contributed by atoms with Gasteiger partial charge in [-0.05, 0) is 45.6 Å². The molecule has 2 fully saturated rings. The molecule has 2 N–H and O–H groups in total. The minimum absolute atomic E-state index is 0.0869. The lowest BCUT2D eigenvalue weighted by Gasteiger charge is -2.17. The predicted octanol–water partition coefficient (Wildman–Crippen LogP) is 2.71. The number of fused-ring (bicyclic) bond motifs is 1. The Balaban J connectivity index is 1.25. The standard InChI is InChI=1S/C22H26FN7O/c1-13-10-30-12-18(20(23)14(2)21(30)27-13)28-22(31)17-8-26-19(9-25-17)29-6-5-15(11-29)7-24-16-3-4-16/h8-10,12,15-16,24H,3-7,11H2,1-2H3,(H,28,31)/t15-/m1/s1. The molecule has 2 aliphatic rings. The number of nitrogens with one attached hydrogen (secondary N) is 2. The summed E-state index contributed by atoms with van der Waals surface area (Å²) in [6, 6.07) is 0.721. The number of aromatic nitrogens is 4. The first kappa shape index (κ1) is 19.9. The monoisotopic (exact) mass is 423 g/mol. The first-order valence-corrected chi connectivity index (χ1v) is 10.7. The van der Waals surface area contributed by atoms with E-state index in [-0.39, 0.29) is 11.4 Å². The van der Waals surface area contributed by atoms with Crippen LogP contribution in [0.1, 0.15) is 41.0 Å². The Morgan fingerprint density at radius 1 is 1.19 bits per heavy atom. The molecule has 31 heavy (non-hydrogen) atoms. The minimum atomic E-state index is -0.501. The van der Waals surface area contributed by atoms with Gasteiger partial charge in [0.05, 0.1) is 23.8 Å². The van der Waals surface area contributed by atoms with Crippen molar-refractivity contribution in [3.63, 3.8) is 0 Å². The van der Waals surface area contributed by atoms with Gasteiger partial charge in [-0.3, -0.25) is 4.79 Å². The number of hydrogen-bond acceptors (Lipinski definition) is 6. The normalized spacial score (nSPS) is 18.7. The Labute approximate surface area is 179 Å². The maximum atomic E-state index is 14.7. The zero-order chi connectivity index (χ0) is 21.5. The van der Waals surface area contributed by atoms with E-state index in [1.165, 1.54) is 25.2 Å². The first-order chi connectivity index (χ1) is 15.0. The van der Waals surface area contributed by atoms with E-state index in [2.05, 4.69) is 30.5 Å². The number of nitrogens with zero attached hydrogens (tertiary/aromatic N) is 5. The number of halogens is 1. The van der Waals surface area contributed by atoms with E-state index in [4.69, 9.17) is 0 Å². The van der Waals surface area contributed by atoms with Crippen LogP contribution in [0.25, 0.3) is 5.65 Å². The molecule has 1 aliphatic heterocycles. The fourth-order valence-corrected chi connectivity index (χ4v) is 4.09. The van der Waals surface area contributed by atoms with Gasteiger partial charge < -0.3 is 19.9 Å². The zero-order valence-corrected chi connectivity index (χ0v) is 17.7. The van der Waals surface area contributed by atoms with Crippen molar-refractivity contribution in [3.8, 4) is 0 Å². The van der Waals surface area contributed by atoms with Crippen LogP contribution < -0.4 is 15.5 Å². The SMILES string of the molecule is Cc1cn2cc(NC(=O)c3cnc(N4CC[C@H](CNC5CC5)C4)cn3)c(F)c(C)c2n1. The van der Waals surface area contributed by atoms with E-state index in [0.29, 0.717) is 17.1 Å². The summed E-state index contributed by atoms with van der Waals surface area (Å²) in [7, 11) is 0. The van der Waals surface area contributed by atoms with Gasteiger partial charge in [-0.1, -0.05) is 0 Å². The Hall–Kier alpha value is -3.07. The fraction of sp³-hybridized carbons (Fsp3) is 0.455. The molecule has 3 aromatic rings. The number of hydrogen-bond donors (Lipinski definition) is 2. The topological polar surface area (TPSA) is 87.5 Å². The lowest BCUT2D eigenvalue weighted by atomic mass is 10.1. The molecule has 0 bridgehead atoms. The van der Waals surface area contributed by atoms with Gasteiger partial charge in [0.25, 0.3) is 5.91 Å². The van der Waals surface area contributed by atoms with Gasteiger partial charge in [-0.25, -0.2) is 19.3 Å². The lowest BCUT2D eigenvalue weighted by Crippen LogP contribution is -2.28. The van der Waals surface area contributed by atoms with Crippen LogP contribution in [0.5, 0.6) is 0 Å². The Bertz CT molecular complexity index is 1120. The molecule has 5 rings (SSSR count). The molecule has 1 saturated heterocycles. The summed E-state index contributed by atoms with van der Waals surface area (Å²) in [6.45, 7) is 6.40. The molecule has 1 amide bonds. The van der Waals surface area contributed by atoms with Crippen LogP contribution in [0.2, 0.25) is 0 Å². The van der Waals surface area contributed by atoms with Crippen LogP contribution in [0.3, 0.4) is 0 Å². The molecule has 9 heteroatoms. The fourth-order valence-electron chi connectivity index (χ4n) is 4.09. The molecule has 162 valence electrons. The van der Waals surface area contributed by atoms with Crippen LogP contribution in [-0.4, -0.2) is 50.9 Å². The molecule has 1 aliphatic carbocycles. The van der Waals surface area contributed by atoms with Crippen molar-refractivity contribution in [3.05, 3.63) is 47.6 Å². The minimum Gasteiger partial charge on any atom is -0.355 e. The smallest absolute Gasteiger partial charge is 0.275 e. The number of amides is 1. The molecule has 0 aromatic carbocycles. The van der Waals surface area contributed by atoms with Gasteiger partial charge in [0.2, 0.25) is 0 Å². The van der Waals surface area contributed by atoms with Crippen LogP contribution in [0.15, 0.2) is 24.8 Å². The van der Waals surface area contributed by atoms with Crippen LogP contribution in [0.4, 0.5) is 15.9 Å². The van der Waals surface area contributed by atoms with Crippen LogP contribution >= 0.6 is 0 Å². The zero-order valence-electron chi connectivity index (χ0n) is 17.7. The van der Waals surface area contributed by atoms with Gasteiger partial charge in [-0.2, -0.15) is 0 Å². The second-order valence-electron chi connectivity index (χ2n) is 8.59. The second kappa shape index (κ2) is 7.88. The summed E-state index contributed by atoms with van der Waals surface area (Å²) in [5.41, 5.74) is 1.93. The third kappa shape index (κ3) is 4.10. The molecular weight excluding hydrogens is 397 g/mol. The number of pyridine rings is 1. The molecular formula is C22H26FN7O. The maximum Gasteiger partial charge on any atom is 0.275 e. The van der Waals surface area contributed by atoms with Gasteiger partial charge in [0.1, 0.15) is 17.2 Å². The van der Waals surface area contributed by atoms with Crippen molar-refractivity contribution >= 4 is 23.1 Å². The van der Waals surface area contributed by atoms with E-state index < -0.39 is 11.7 Å². The summed E-state index contributed by atoms with van der Waals surface area (Å²) in [5, 5.41) is 6.20. The predicted molar refractivity (Wildman–Crippen MR) is 116 cm³/mol. The van der Waals surface area contributed by atoms with Crippen molar-refractivity contribution in [2.45, 2.75) is 39.2 Å². The van der Waals surface area contributed by atoms with Gasteiger partial charge >= 0.3 is 0 Å². The van der Waals surface area contributed by atoms with Gasteiger partial charge in [0, 0.05) is 37.1 Å². The lowest BCUT2D eigenvalue weighted by molar-refractivity contribution is 0.102. The molecule has 0 spiro atoms. The third-order valence-corrected chi connectivity index (χ3v) is 6.02. The second-order valence-corrected chi connectivity index (χ2v) is 8.59. The molecule has 4 heterocycles. The Kier molecular flexibility index (Phi) is 5.05. The Morgan fingerprint density at radius 3 is 2.77 bits per heavy atom. The van der Waals surface area contributed by atoms with Gasteiger partial charge in [-0.15, -0.1) is 0 Å². The van der Waals surface area contributed by atoms with Crippen molar-refractivity contribution < 1.29 is 9.18 Å². The van der Waals surface area contributed by atoms with E-state index in [0.717, 1.165) is 43.6 Å². The summed E-state index contributed by atoms with van der Waals surface area (Å²) < 4.78 is 16.4. The highest BCUT2D eigenvalue weighted by Crippen LogP contribution is 2.25. The number of rotatable bonds is 6. The Morgan fingerprint density at radius 2 is 2.03 bits per heavy atom. The highest BCUT2D eigenvalue weighted by Gasteiger charge is 2.27. The van der Waals surface area contributed by atoms with Crippen molar-refractivity contribution in [2.24, 2.45) is 5.92 Å². The summed E-state index contributed by atoms with van der Waals surface area (Å²) in [6.07, 6.45) is 10.1. The molecule has 1 saturated carbocycles. The highest BCUT2D eigenvalue weighted by atomic mass is 19.1. The quantitative estimate of drug-likeness (QED) is 0.634. The van der Waals surface area contributed by atoms with Crippen LogP contribution in [0, 0.1) is 25.6 Å².